The van der Waals surface area contributed by atoms with Gasteiger partial charge >= 0.3 is 0 Å². The van der Waals surface area contributed by atoms with Crippen LogP contribution in [0.4, 0.5) is 0 Å². The molecular weight excluding hydrogens is 198 g/mol. The Kier molecular flexibility index (Phi) is 6.57. The molecule has 1 fully saturated rings. The van der Waals surface area contributed by atoms with Crippen molar-refractivity contribution in [3.05, 3.63) is 0 Å². The Bertz CT molecular complexity index is 137. The van der Waals surface area contributed by atoms with E-state index in [4.69, 9.17) is 16.3 Å². The molecule has 0 aromatic rings. The lowest BCUT2D eigenvalue weighted by atomic mass is 10.1. The summed E-state index contributed by atoms with van der Waals surface area (Å²) in [6, 6.07) is 0. The van der Waals surface area contributed by atoms with E-state index in [1.807, 2.05) is 0 Å². The van der Waals surface area contributed by atoms with E-state index in [0.29, 0.717) is 6.10 Å². The Hall–Kier alpha value is 0.210. The number of unbranched alkanes of at least 4 members (excludes halogenated alkanes) is 1. The van der Waals surface area contributed by atoms with Crippen molar-refractivity contribution in [1.29, 1.82) is 0 Å². The second-order valence-corrected chi connectivity index (χ2v) is 4.52. The molecule has 3 heteroatoms. The minimum absolute atomic E-state index is 0.477. The van der Waals surface area contributed by atoms with Gasteiger partial charge in [-0.3, -0.25) is 0 Å². The molecule has 0 aromatic carbocycles. The summed E-state index contributed by atoms with van der Waals surface area (Å²) in [5.41, 5.74) is 0. The zero-order valence-electron chi connectivity index (χ0n) is 9.17. The smallest absolute Gasteiger partial charge is 0.0701 e. The Morgan fingerprint density at radius 1 is 1.36 bits per heavy atom. The number of rotatable bonds is 6. The second-order valence-electron chi connectivity index (χ2n) is 4.15. The van der Waals surface area contributed by atoms with Gasteiger partial charge in [-0.05, 0) is 45.7 Å². The second kappa shape index (κ2) is 7.49. The molecule has 0 amide bonds. The Morgan fingerprint density at radius 3 is 2.86 bits per heavy atom. The van der Waals surface area contributed by atoms with Crippen molar-refractivity contribution in [1.82, 2.24) is 4.90 Å². The summed E-state index contributed by atoms with van der Waals surface area (Å²) in [6.45, 7) is 3.19. The van der Waals surface area contributed by atoms with Crippen LogP contribution in [0.3, 0.4) is 0 Å². The van der Waals surface area contributed by atoms with Gasteiger partial charge < -0.3 is 9.64 Å². The largest absolute Gasteiger partial charge is 0.377 e. The Morgan fingerprint density at radius 2 is 2.21 bits per heavy atom. The molecule has 2 nitrogen and oxygen atoms in total. The van der Waals surface area contributed by atoms with Crippen molar-refractivity contribution in [2.24, 2.45) is 0 Å². The third kappa shape index (κ3) is 5.18. The minimum Gasteiger partial charge on any atom is -0.377 e. The number of alkyl halides is 1. The van der Waals surface area contributed by atoms with Gasteiger partial charge in [0.15, 0.2) is 0 Å². The Balaban J connectivity index is 2.03. The quantitative estimate of drug-likeness (QED) is 0.503. The SMILES string of the molecule is CN(CCCCCl)CC1CCCCO1. The van der Waals surface area contributed by atoms with Gasteiger partial charge in [-0.15, -0.1) is 11.6 Å². The van der Waals surface area contributed by atoms with Crippen LogP contribution in [0, 0.1) is 0 Å². The highest BCUT2D eigenvalue weighted by molar-refractivity contribution is 6.17. The lowest BCUT2D eigenvalue weighted by Gasteiger charge is -2.27. The van der Waals surface area contributed by atoms with Crippen LogP contribution >= 0.6 is 11.6 Å². The lowest BCUT2D eigenvalue weighted by Crippen LogP contribution is -2.33. The van der Waals surface area contributed by atoms with Crippen molar-refractivity contribution < 1.29 is 4.74 Å². The van der Waals surface area contributed by atoms with Gasteiger partial charge in [-0.25, -0.2) is 0 Å². The van der Waals surface area contributed by atoms with Crippen LogP contribution < -0.4 is 0 Å². The van der Waals surface area contributed by atoms with E-state index in [9.17, 15) is 0 Å². The molecule has 1 aliphatic rings. The van der Waals surface area contributed by atoms with Crippen LogP contribution in [0.2, 0.25) is 0 Å². The van der Waals surface area contributed by atoms with Crippen molar-refractivity contribution in [3.63, 3.8) is 0 Å². The molecule has 1 rings (SSSR count). The fraction of sp³-hybridized carbons (Fsp3) is 1.00. The predicted octanol–water partition coefficient (Wildman–Crippen LogP) is 2.51. The molecular formula is C11H22ClNO. The molecule has 84 valence electrons. The van der Waals surface area contributed by atoms with Crippen LogP contribution in [0.15, 0.2) is 0 Å². The monoisotopic (exact) mass is 219 g/mol. The number of nitrogens with zero attached hydrogens (tertiary/aromatic N) is 1. The molecule has 1 atom stereocenters. The molecule has 0 spiro atoms. The maximum Gasteiger partial charge on any atom is 0.0701 e. The van der Waals surface area contributed by atoms with Gasteiger partial charge in [0.1, 0.15) is 0 Å². The maximum absolute atomic E-state index is 5.69. The van der Waals surface area contributed by atoms with Gasteiger partial charge in [0.05, 0.1) is 6.10 Å². The first-order chi connectivity index (χ1) is 6.83. The van der Waals surface area contributed by atoms with E-state index in [2.05, 4.69) is 11.9 Å². The van der Waals surface area contributed by atoms with Crippen molar-refractivity contribution in [3.8, 4) is 0 Å². The van der Waals surface area contributed by atoms with E-state index >= 15 is 0 Å². The summed E-state index contributed by atoms with van der Waals surface area (Å²) in [7, 11) is 2.17. The number of ether oxygens (including phenoxy) is 1. The normalized spacial score (nSPS) is 22.9. The first-order valence-electron chi connectivity index (χ1n) is 5.69. The summed E-state index contributed by atoms with van der Waals surface area (Å²) in [5, 5.41) is 0. The zero-order chi connectivity index (χ0) is 10.2. The fourth-order valence-electron chi connectivity index (χ4n) is 1.87. The summed E-state index contributed by atoms with van der Waals surface area (Å²) in [5.74, 6) is 0.785. The maximum atomic E-state index is 5.69. The molecule has 1 saturated heterocycles. The van der Waals surface area contributed by atoms with Crippen LogP contribution in [-0.4, -0.2) is 43.6 Å². The average molecular weight is 220 g/mol. The number of hydrogen-bond donors (Lipinski definition) is 0. The minimum atomic E-state index is 0.477. The first-order valence-corrected chi connectivity index (χ1v) is 6.22. The van der Waals surface area contributed by atoms with Crippen LogP contribution in [-0.2, 0) is 4.74 Å². The van der Waals surface area contributed by atoms with Crippen molar-refractivity contribution in [2.45, 2.75) is 38.2 Å². The molecule has 0 radical (unpaired) electrons. The molecule has 14 heavy (non-hydrogen) atoms. The third-order valence-corrected chi connectivity index (χ3v) is 2.98. The summed E-state index contributed by atoms with van der Waals surface area (Å²) in [6.07, 6.45) is 6.61. The van der Waals surface area contributed by atoms with Crippen LogP contribution in [0.5, 0.6) is 0 Å². The van der Waals surface area contributed by atoms with E-state index < -0.39 is 0 Å². The highest BCUT2D eigenvalue weighted by Gasteiger charge is 2.15. The van der Waals surface area contributed by atoms with E-state index in [-0.39, 0.29) is 0 Å². The lowest BCUT2D eigenvalue weighted by molar-refractivity contribution is -0.00154. The fourth-order valence-corrected chi connectivity index (χ4v) is 2.06. The molecule has 0 aromatic heterocycles. The molecule has 0 bridgehead atoms. The molecule has 0 N–H and O–H groups in total. The molecule has 1 heterocycles. The van der Waals surface area contributed by atoms with Gasteiger partial charge in [-0.1, -0.05) is 0 Å². The summed E-state index contributed by atoms with van der Waals surface area (Å²) >= 11 is 5.63. The topological polar surface area (TPSA) is 12.5 Å². The highest BCUT2D eigenvalue weighted by atomic mass is 35.5. The predicted molar refractivity (Wildman–Crippen MR) is 61.0 cm³/mol. The van der Waals surface area contributed by atoms with Gasteiger partial charge in [-0.2, -0.15) is 0 Å². The standard InChI is InChI=1S/C11H22ClNO/c1-13(8-4-3-7-12)10-11-6-2-5-9-14-11/h11H,2-10H2,1H3. The molecule has 1 unspecified atom stereocenters. The Labute approximate surface area is 92.6 Å². The number of hydrogen-bond acceptors (Lipinski definition) is 2. The number of halogens is 1. The molecule has 0 saturated carbocycles. The summed E-state index contributed by atoms with van der Waals surface area (Å²) < 4.78 is 5.69. The van der Waals surface area contributed by atoms with E-state index in [1.165, 1.54) is 25.7 Å². The summed E-state index contributed by atoms with van der Waals surface area (Å²) in [4.78, 5) is 2.36. The average Bonchev–Trinajstić information content (AvgIpc) is 2.20. The van der Waals surface area contributed by atoms with Gasteiger partial charge in [0.25, 0.3) is 0 Å². The first kappa shape index (κ1) is 12.3. The van der Waals surface area contributed by atoms with Crippen LogP contribution in [0.1, 0.15) is 32.1 Å². The van der Waals surface area contributed by atoms with Crippen LogP contribution in [0.25, 0.3) is 0 Å². The van der Waals surface area contributed by atoms with Crippen molar-refractivity contribution in [2.75, 3.05) is 32.6 Å². The highest BCUT2D eigenvalue weighted by Crippen LogP contribution is 2.13. The van der Waals surface area contributed by atoms with E-state index in [1.54, 1.807) is 0 Å². The van der Waals surface area contributed by atoms with Gasteiger partial charge in [0.2, 0.25) is 0 Å². The molecule has 0 aliphatic carbocycles. The molecule has 1 aliphatic heterocycles. The van der Waals surface area contributed by atoms with Crippen molar-refractivity contribution >= 4 is 11.6 Å². The van der Waals surface area contributed by atoms with Gasteiger partial charge in [0, 0.05) is 19.0 Å². The van der Waals surface area contributed by atoms with E-state index in [0.717, 1.165) is 32.0 Å². The zero-order valence-corrected chi connectivity index (χ0v) is 9.93. The number of likely N-dealkylation sites (N-methyl/N-ethyl adjacent to an activating group) is 1. The third-order valence-electron chi connectivity index (χ3n) is 2.71.